The number of carbonyl (C=O) groups is 2. The quantitative estimate of drug-likeness (QED) is 0.718. The van der Waals surface area contributed by atoms with E-state index in [0.29, 0.717) is 31.6 Å². The van der Waals surface area contributed by atoms with Crippen LogP contribution in [0.25, 0.3) is 0 Å². The van der Waals surface area contributed by atoms with Gasteiger partial charge in [0.1, 0.15) is 0 Å². The summed E-state index contributed by atoms with van der Waals surface area (Å²) < 4.78 is 0. The minimum absolute atomic E-state index is 0.353. The maximum atomic E-state index is 11.9. The fraction of sp³-hybridized carbons (Fsp3) is 0.846. The monoisotopic (exact) mass is 255 g/mol. The number of likely N-dealkylation sites (tertiary alicyclic amines) is 1. The molecule has 1 aliphatic rings. The van der Waals surface area contributed by atoms with Crippen molar-refractivity contribution >= 4 is 11.8 Å². The lowest BCUT2D eigenvalue weighted by molar-refractivity contribution is -0.147. The van der Waals surface area contributed by atoms with Crippen molar-refractivity contribution in [2.75, 3.05) is 26.2 Å². The molecule has 0 aromatic heterocycles. The number of hydrogen-bond donors (Lipinski definition) is 2. The summed E-state index contributed by atoms with van der Waals surface area (Å²) in [5.41, 5.74) is 5.65. The highest BCUT2D eigenvalue weighted by molar-refractivity contribution is 6.35. The molecule has 5 heteroatoms. The Morgan fingerprint density at radius 3 is 2.22 bits per heavy atom. The lowest BCUT2D eigenvalue weighted by Gasteiger charge is -2.40. The SMILES string of the molecule is CCC1(CC)CCN(C(=O)C(=O)NCCN)CC1. The number of nitrogens with one attached hydrogen (secondary N) is 1. The van der Waals surface area contributed by atoms with E-state index in [2.05, 4.69) is 19.2 Å². The van der Waals surface area contributed by atoms with Gasteiger partial charge in [0.2, 0.25) is 0 Å². The van der Waals surface area contributed by atoms with Crippen molar-refractivity contribution in [1.82, 2.24) is 10.2 Å². The zero-order chi connectivity index (χ0) is 13.6. The van der Waals surface area contributed by atoms with Gasteiger partial charge in [0, 0.05) is 26.2 Å². The van der Waals surface area contributed by atoms with Crippen LogP contribution in [0.2, 0.25) is 0 Å². The van der Waals surface area contributed by atoms with Crippen molar-refractivity contribution in [2.45, 2.75) is 39.5 Å². The number of rotatable bonds is 4. The molecule has 0 aromatic carbocycles. The predicted octanol–water partition coefficient (Wildman–Crippen LogP) is 0.490. The molecule has 0 atom stereocenters. The molecule has 104 valence electrons. The lowest BCUT2D eigenvalue weighted by Crippen LogP contribution is -2.49. The summed E-state index contributed by atoms with van der Waals surface area (Å²) in [4.78, 5) is 25.1. The van der Waals surface area contributed by atoms with Crippen LogP contribution in [0.1, 0.15) is 39.5 Å². The Bertz CT molecular complexity index is 291. The zero-order valence-electron chi connectivity index (χ0n) is 11.5. The number of nitrogens with two attached hydrogens (primary N) is 1. The van der Waals surface area contributed by atoms with Crippen molar-refractivity contribution in [2.24, 2.45) is 11.1 Å². The van der Waals surface area contributed by atoms with Gasteiger partial charge in [0.05, 0.1) is 0 Å². The predicted molar refractivity (Wildman–Crippen MR) is 70.9 cm³/mol. The second-order valence-corrected chi connectivity index (χ2v) is 5.04. The molecule has 0 bridgehead atoms. The summed E-state index contributed by atoms with van der Waals surface area (Å²) in [7, 11) is 0. The number of hydrogen-bond acceptors (Lipinski definition) is 3. The van der Waals surface area contributed by atoms with Gasteiger partial charge in [-0.3, -0.25) is 9.59 Å². The summed E-state index contributed by atoms with van der Waals surface area (Å²) in [6.45, 7) is 6.50. The van der Waals surface area contributed by atoms with Crippen LogP contribution < -0.4 is 11.1 Å². The normalized spacial score (nSPS) is 18.5. The molecule has 0 aliphatic carbocycles. The Labute approximate surface area is 109 Å². The Balaban J connectivity index is 2.47. The van der Waals surface area contributed by atoms with Crippen LogP contribution in [-0.2, 0) is 9.59 Å². The van der Waals surface area contributed by atoms with E-state index >= 15 is 0 Å². The number of nitrogens with zero attached hydrogens (tertiary/aromatic N) is 1. The van der Waals surface area contributed by atoms with E-state index in [1.165, 1.54) is 0 Å². The van der Waals surface area contributed by atoms with Crippen LogP contribution in [-0.4, -0.2) is 42.9 Å². The largest absolute Gasteiger partial charge is 0.347 e. The Kier molecular flexibility index (Phi) is 5.59. The molecular weight excluding hydrogens is 230 g/mol. The van der Waals surface area contributed by atoms with Crippen molar-refractivity contribution in [1.29, 1.82) is 0 Å². The molecule has 1 fully saturated rings. The van der Waals surface area contributed by atoms with E-state index in [0.717, 1.165) is 25.7 Å². The molecule has 0 spiro atoms. The third-order valence-electron chi connectivity index (χ3n) is 4.24. The molecular formula is C13H25N3O2. The molecule has 1 saturated heterocycles. The molecule has 0 aromatic rings. The maximum Gasteiger partial charge on any atom is 0.311 e. The molecule has 1 heterocycles. The highest BCUT2D eigenvalue weighted by atomic mass is 16.2. The van der Waals surface area contributed by atoms with Gasteiger partial charge in [-0.05, 0) is 18.3 Å². The first-order chi connectivity index (χ1) is 8.58. The van der Waals surface area contributed by atoms with Crippen LogP contribution in [0.4, 0.5) is 0 Å². The van der Waals surface area contributed by atoms with Crippen molar-refractivity contribution in [3.05, 3.63) is 0 Å². The van der Waals surface area contributed by atoms with E-state index in [9.17, 15) is 9.59 Å². The number of carbonyl (C=O) groups excluding carboxylic acids is 2. The standard InChI is InChI=1S/C13H25N3O2/c1-3-13(4-2)5-9-16(10-6-13)12(18)11(17)15-8-7-14/h3-10,14H2,1-2H3,(H,15,17). The molecule has 2 amide bonds. The van der Waals surface area contributed by atoms with E-state index < -0.39 is 11.8 Å². The van der Waals surface area contributed by atoms with Gasteiger partial charge in [-0.25, -0.2) is 0 Å². The second kappa shape index (κ2) is 6.73. The summed E-state index contributed by atoms with van der Waals surface area (Å²) in [5, 5.41) is 2.52. The van der Waals surface area contributed by atoms with Crippen molar-refractivity contribution < 1.29 is 9.59 Å². The Hall–Kier alpha value is -1.10. The fourth-order valence-electron chi connectivity index (χ4n) is 2.55. The van der Waals surface area contributed by atoms with Crippen LogP contribution in [0.15, 0.2) is 0 Å². The third kappa shape index (κ3) is 3.45. The molecule has 1 aliphatic heterocycles. The molecule has 0 saturated carbocycles. The van der Waals surface area contributed by atoms with Gasteiger partial charge in [-0.1, -0.05) is 26.7 Å². The molecule has 0 radical (unpaired) electrons. The summed E-state index contributed by atoms with van der Waals surface area (Å²) in [6.07, 6.45) is 4.28. The smallest absolute Gasteiger partial charge is 0.311 e. The van der Waals surface area contributed by atoms with Gasteiger partial charge in [-0.2, -0.15) is 0 Å². The van der Waals surface area contributed by atoms with Crippen LogP contribution in [0, 0.1) is 5.41 Å². The third-order valence-corrected chi connectivity index (χ3v) is 4.24. The average molecular weight is 255 g/mol. The van der Waals surface area contributed by atoms with Crippen LogP contribution >= 0.6 is 0 Å². The fourth-order valence-corrected chi connectivity index (χ4v) is 2.55. The molecule has 5 nitrogen and oxygen atoms in total. The van der Waals surface area contributed by atoms with Crippen molar-refractivity contribution in [3.63, 3.8) is 0 Å². The minimum Gasteiger partial charge on any atom is -0.347 e. The topological polar surface area (TPSA) is 75.4 Å². The first-order valence-corrected chi connectivity index (χ1v) is 6.85. The van der Waals surface area contributed by atoms with Crippen molar-refractivity contribution in [3.8, 4) is 0 Å². The van der Waals surface area contributed by atoms with E-state index in [4.69, 9.17) is 5.73 Å². The molecule has 0 unspecified atom stereocenters. The maximum absolute atomic E-state index is 11.9. The van der Waals surface area contributed by atoms with Gasteiger partial charge in [0.15, 0.2) is 0 Å². The first-order valence-electron chi connectivity index (χ1n) is 6.85. The van der Waals surface area contributed by atoms with Crippen LogP contribution in [0.3, 0.4) is 0 Å². The minimum atomic E-state index is -0.527. The van der Waals surface area contributed by atoms with Gasteiger partial charge >= 0.3 is 11.8 Å². The number of amides is 2. The van der Waals surface area contributed by atoms with E-state index in [1.54, 1.807) is 4.90 Å². The van der Waals surface area contributed by atoms with E-state index in [1.807, 2.05) is 0 Å². The van der Waals surface area contributed by atoms with Crippen LogP contribution in [0.5, 0.6) is 0 Å². The second-order valence-electron chi connectivity index (χ2n) is 5.04. The highest BCUT2D eigenvalue weighted by Gasteiger charge is 2.34. The van der Waals surface area contributed by atoms with E-state index in [-0.39, 0.29) is 0 Å². The molecule has 3 N–H and O–H groups in total. The molecule has 1 rings (SSSR count). The summed E-state index contributed by atoms with van der Waals surface area (Å²) in [6, 6.07) is 0. The Morgan fingerprint density at radius 2 is 1.78 bits per heavy atom. The highest BCUT2D eigenvalue weighted by Crippen LogP contribution is 2.37. The summed E-state index contributed by atoms with van der Waals surface area (Å²) >= 11 is 0. The van der Waals surface area contributed by atoms with Gasteiger partial charge in [0.25, 0.3) is 0 Å². The van der Waals surface area contributed by atoms with Gasteiger partial charge < -0.3 is 16.0 Å². The lowest BCUT2D eigenvalue weighted by atomic mass is 9.74. The first kappa shape index (κ1) is 15.0. The summed E-state index contributed by atoms with van der Waals surface area (Å²) in [5.74, 6) is -0.940. The molecule has 18 heavy (non-hydrogen) atoms. The number of piperidine rings is 1. The Morgan fingerprint density at radius 1 is 1.22 bits per heavy atom. The zero-order valence-corrected chi connectivity index (χ0v) is 11.5. The average Bonchev–Trinajstić information content (AvgIpc) is 2.44. The van der Waals surface area contributed by atoms with Gasteiger partial charge in [-0.15, -0.1) is 0 Å².